The summed E-state index contributed by atoms with van der Waals surface area (Å²) in [5, 5.41) is 0.719. The Morgan fingerprint density at radius 2 is 1.72 bits per heavy atom. The van der Waals surface area contributed by atoms with Gasteiger partial charge in [-0.15, -0.1) is 0 Å². The van der Waals surface area contributed by atoms with E-state index in [0.29, 0.717) is 16.8 Å². The van der Waals surface area contributed by atoms with E-state index in [4.69, 9.17) is 4.74 Å². The second-order valence-corrected chi connectivity index (χ2v) is 11.3. The molecule has 0 atom stereocenters. The SMILES string of the molecule is CC(C)(C)N1C(=O)C=C(c2cc3cc(-c4cccnc4)cnc3cc2OCc2ccccc2)S1(=O)=O. The van der Waals surface area contributed by atoms with Crippen molar-refractivity contribution in [3.05, 3.63) is 96.5 Å². The summed E-state index contributed by atoms with van der Waals surface area (Å²) in [7, 11) is -4.09. The molecule has 4 aromatic rings. The van der Waals surface area contributed by atoms with Crippen molar-refractivity contribution in [2.75, 3.05) is 0 Å². The molecular weight excluding hydrogens is 474 g/mol. The van der Waals surface area contributed by atoms with Crippen molar-refractivity contribution in [3.8, 4) is 16.9 Å². The highest BCUT2D eigenvalue weighted by molar-refractivity contribution is 7.99. The Hall–Kier alpha value is -4.04. The normalized spacial score (nSPS) is 15.2. The van der Waals surface area contributed by atoms with Crippen LogP contribution in [-0.4, -0.2) is 34.1 Å². The van der Waals surface area contributed by atoms with Crippen LogP contribution in [0.15, 0.2) is 85.3 Å². The van der Waals surface area contributed by atoms with E-state index in [2.05, 4.69) is 9.97 Å². The van der Waals surface area contributed by atoms with Gasteiger partial charge < -0.3 is 4.74 Å². The zero-order valence-corrected chi connectivity index (χ0v) is 21.0. The summed E-state index contributed by atoms with van der Waals surface area (Å²) in [6, 6.07) is 18.7. The molecule has 0 saturated heterocycles. The lowest BCUT2D eigenvalue weighted by molar-refractivity contribution is -0.123. The van der Waals surface area contributed by atoms with Crippen LogP contribution in [0, 0.1) is 0 Å². The van der Waals surface area contributed by atoms with E-state index in [0.717, 1.165) is 26.4 Å². The number of hydrogen-bond acceptors (Lipinski definition) is 6. The van der Waals surface area contributed by atoms with Gasteiger partial charge >= 0.3 is 0 Å². The molecule has 0 spiro atoms. The van der Waals surface area contributed by atoms with Gasteiger partial charge in [0.1, 0.15) is 17.3 Å². The molecular formula is C28H25N3O4S. The second-order valence-electron chi connectivity index (χ2n) is 9.57. The van der Waals surface area contributed by atoms with Gasteiger partial charge in [-0.05, 0) is 44.5 Å². The highest BCUT2D eigenvalue weighted by atomic mass is 32.2. The molecule has 7 nitrogen and oxygen atoms in total. The number of benzene rings is 2. The minimum absolute atomic E-state index is 0.0841. The van der Waals surface area contributed by atoms with Crippen LogP contribution in [0.5, 0.6) is 5.75 Å². The van der Waals surface area contributed by atoms with E-state index in [1.165, 1.54) is 6.08 Å². The molecule has 8 heteroatoms. The first-order valence-electron chi connectivity index (χ1n) is 11.5. The average molecular weight is 500 g/mol. The topological polar surface area (TPSA) is 89.5 Å². The number of aromatic nitrogens is 2. The van der Waals surface area contributed by atoms with Crippen molar-refractivity contribution in [1.29, 1.82) is 0 Å². The zero-order valence-electron chi connectivity index (χ0n) is 20.2. The largest absolute Gasteiger partial charge is 0.488 e. The van der Waals surface area contributed by atoms with Gasteiger partial charge in [0.15, 0.2) is 0 Å². The van der Waals surface area contributed by atoms with Crippen molar-refractivity contribution in [3.63, 3.8) is 0 Å². The van der Waals surface area contributed by atoms with Gasteiger partial charge in [0.05, 0.1) is 11.1 Å². The summed E-state index contributed by atoms with van der Waals surface area (Å²) >= 11 is 0. The van der Waals surface area contributed by atoms with Gasteiger partial charge in [-0.2, -0.15) is 0 Å². The van der Waals surface area contributed by atoms with Gasteiger partial charge in [0.2, 0.25) is 0 Å². The summed E-state index contributed by atoms with van der Waals surface area (Å²) in [6.45, 7) is 5.31. The fourth-order valence-electron chi connectivity index (χ4n) is 4.27. The van der Waals surface area contributed by atoms with Gasteiger partial charge in [-0.3, -0.25) is 14.8 Å². The average Bonchev–Trinajstić information content (AvgIpc) is 3.11. The third-order valence-electron chi connectivity index (χ3n) is 5.86. The fourth-order valence-corrected chi connectivity index (χ4v) is 6.16. The van der Waals surface area contributed by atoms with Crippen molar-refractivity contribution < 1.29 is 17.9 Å². The maximum atomic E-state index is 13.6. The maximum Gasteiger partial charge on any atom is 0.268 e. The number of amides is 1. The van der Waals surface area contributed by atoms with Crippen molar-refractivity contribution in [2.45, 2.75) is 32.9 Å². The van der Waals surface area contributed by atoms with E-state index in [1.807, 2.05) is 48.5 Å². The first-order valence-corrected chi connectivity index (χ1v) is 12.9. The molecule has 0 saturated carbocycles. The Morgan fingerprint density at radius 1 is 0.944 bits per heavy atom. The molecule has 0 unspecified atom stereocenters. The van der Waals surface area contributed by atoms with Crippen LogP contribution in [0.25, 0.3) is 26.9 Å². The van der Waals surface area contributed by atoms with E-state index >= 15 is 0 Å². The number of hydrogen-bond donors (Lipinski definition) is 0. The number of rotatable bonds is 5. The number of ether oxygens (including phenoxy) is 1. The summed E-state index contributed by atoms with van der Waals surface area (Å²) in [5.41, 5.74) is 2.72. The lowest BCUT2D eigenvalue weighted by atomic mass is 10.0. The minimum atomic E-state index is -4.09. The molecule has 1 amide bonds. The number of carbonyl (C=O) groups is 1. The first kappa shape index (κ1) is 23.7. The predicted octanol–water partition coefficient (Wildman–Crippen LogP) is 5.19. The molecule has 1 aliphatic heterocycles. The van der Waals surface area contributed by atoms with Crippen molar-refractivity contribution >= 4 is 31.7 Å². The summed E-state index contributed by atoms with van der Waals surface area (Å²) in [5.74, 6) is -0.236. The lowest BCUT2D eigenvalue weighted by Gasteiger charge is -2.30. The number of nitrogens with zero attached hydrogens (tertiary/aromatic N) is 3. The summed E-state index contributed by atoms with van der Waals surface area (Å²) in [4.78, 5) is 21.5. The molecule has 5 rings (SSSR count). The van der Waals surface area contributed by atoms with E-state index < -0.39 is 21.5 Å². The standard InChI is InChI=1S/C28H25N3O4S/c1-28(2,3)31-27(32)15-26(36(31,33)34)23-13-21-12-22(20-10-7-11-29-16-20)17-30-24(21)14-25(23)35-18-19-8-5-4-6-9-19/h4-17H,18H2,1-3H3. The van der Waals surface area contributed by atoms with Crippen LogP contribution in [0.4, 0.5) is 0 Å². The molecule has 0 fully saturated rings. The second kappa shape index (κ2) is 8.87. The summed E-state index contributed by atoms with van der Waals surface area (Å²) in [6.07, 6.45) is 6.36. The van der Waals surface area contributed by atoms with Gasteiger partial charge in [0.25, 0.3) is 15.9 Å². The third-order valence-corrected chi connectivity index (χ3v) is 7.96. The Kier molecular flexibility index (Phi) is 5.84. The van der Waals surface area contributed by atoms with Crippen LogP contribution in [0.1, 0.15) is 31.9 Å². The Labute approximate surface area is 210 Å². The monoisotopic (exact) mass is 499 g/mol. The number of carbonyl (C=O) groups excluding carboxylic acids is 1. The molecule has 2 aromatic heterocycles. The molecule has 0 N–H and O–H groups in total. The summed E-state index contributed by atoms with van der Waals surface area (Å²) < 4.78 is 34.2. The minimum Gasteiger partial charge on any atom is -0.488 e. The van der Waals surface area contributed by atoms with Gasteiger partial charge in [-0.25, -0.2) is 12.7 Å². The molecule has 36 heavy (non-hydrogen) atoms. The lowest BCUT2D eigenvalue weighted by Crippen LogP contribution is -2.45. The van der Waals surface area contributed by atoms with Crippen LogP contribution in [0.3, 0.4) is 0 Å². The molecule has 182 valence electrons. The number of pyridine rings is 2. The van der Waals surface area contributed by atoms with E-state index in [-0.39, 0.29) is 11.5 Å². The highest BCUT2D eigenvalue weighted by Gasteiger charge is 2.45. The number of fused-ring (bicyclic) bond motifs is 1. The third kappa shape index (κ3) is 4.35. The molecule has 0 aliphatic carbocycles. The van der Waals surface area contributed by atoms with E-state index in [9.17, 15) is 13.2 Å². The van der Waals surface area contributed by atoms with Gasteiger partial charge in [-0.1, -0.05) is 36.4 Å². The highest BCUT2D eigenvalue weighted by Crippen LogP contribution is 2.41. The Morgan fingerprint density at radius 3 is 2.39 bits per heavy atom. The van der Waals surface area contributed by atoms with Crippen LogP contribution >= 0.6 is 0 Å². The van der Waals surface area contributed by atoms with Crippen LogP contribution in [-0.2, 0) is 21.4 Å². The predicted molar refractivity (Wildman–Crippen MR) is 139 cm³/mol. The molecule has 0 bridgehead atoms. The van der Waals surface area contributed by atoms with Crippen LogP contribution < -0.4 is 4.74 Å². The molecule has 3 heterocycles. The van der Waals surface area contributed by atoms with Crippen molar-refractivity contribution in [1.82, 2.24) is 14.3 Å². The maximum absolute atomic E-state index is 13.6. The van der Waals surface area contributed by atoms with Crippen molar-refractivity contribution in [2.24, 2.45) is 0 Å². The van der Waals surface area contributed by atoms with Gasteiger partial charge in [0, 0.05) is 52.8 Å². The number of sulfonamides is 1. The Bertz CT molecular complexity index is 1590. The van der Waals surface area contributed by atoms with E-state index in [1.54, 1.807) is 51.5 Å². The Balaban J connectivity index is 1.65. The molecule has 1 aliphatic rings. The zero-order chi connectivity index (χ0) is 25.5. The molecule has 0 radical (unpaired) electrons. The fraction of sp³-hybridized carbons (Fsp3) is 0.179. The van der Waals surface area contributed by atoms with Crippen LogP contribution in [0.2, 0.25) is 0 Å². The first-order chi connectivity index (χ1) is 17.1. The quantitative estimate of drug-likeness (QED) is 0.376. The smallest absolute Gasteiger partial charge is 0.268 e. The molecule has 2 aromatic carbocycles.